The fraction of sp³-hybridized carbons (Fsp3) is 0.750. The lowest BCUT2D eigenvalue weighted by Gasteiger charge is -2.10. The van der Waals surface area contributed by atoms with Crippen molar-refractivity contribution in [1.82, 2.24) is 5.32 Å². The van der Waals surface area contributed by atoms with E-state index in [2.05, 4.69) is 17.6 Å². The van der Waals surface area contributed by atoms with Crippen molar-refractivity contribution in [3.05, 3.63) is 24.3 Å². The third-order valence-electron chi connectivity index (χ3n) is 5.84. The molecule has 5 heteroatoms. The molecule has 1 rings (SSSR count). The minimum Gasteiger partial charge on any atom is -0.491 e. The number of carbonyl (C=O) groups is 1. The number of carbonyl (C=O) groups excluding carboxylic acids is 1. The fourth-order valence-electron chi connectivity index (χ4n) is 3.85. The summed E-state index contributed by atoms with van der Waals surface area (Å²) in [5, 5.41) is 6.18. The standard InChI is InChI=1S/C28H50N2O3/c1-3-5-6-7-8-9-10-11-12-13-14-15-16-17-21-29-28(31)25-30-26-19-18-20-27(24-26)33-23-22-32-4-2/h18-20,24,30H,3-17,21-23,25H2,1-2H3,(H,29,31). The van der Waals surface area contributed by atoms with Crippen LogP contribution in [0.25, 0.3) is 0 Å². The van der Waals surface area contributed by atoms with Crippen LogP contribution in [0, 0.1) is 0 Å². The van der Waals surface area contributed by atoms with Gasteiger partial charge in [-0.3, -0.25) is 4.79 Å². The summed E-state index contributed by atoms with van der Waals surface area (Å²) in [6.45, 7) is 7.08. The molecule has 1 aromatic carbocycles. The van der Waals surface area contributed by atoms with E-state index < -0.39 is 0 Å². The molecule has 1 aromatic rings. The summed E-state index contributed by atoms with van der Waals surface area (Å²) in [5.41, 5.74) is 0.885. The van der Waals surface area contributed by atoms with Crippen LogP contribution in [0.5, 0.6) is 5.75 Å². The van der Waals surface area contributed by atoms with Crippen LogP contribution < -0.4 is 15.4 Å². The number of benzene rings is 1. The first-order valence-electron chi connectivity index (χ1n) is 13.6. The van der Waals surface area contributed by atoms with Crippen LogP contribution in [-0.2, 0) is 9.53 Å². The average Bonchev–Trinajstić information content (AvgIpc) is 2.83. The van der Waals surface area contributed by atoms with Gasteiger partial charge in [0.05, 0.1) is 13.2 Å². The summed E-state index contributed by atoms with van der Waals surface area (Å²) < 4.78 is 10.9. The van der Waals surface area contributed by atoms with Gasteiger partial charge in [-0.05, 0) is 25.5 Å². The van der Waals surface area contributed by atoms with E-state index in [0.29, 0.717) is 19.8 Å². The van der Waals surface area contributed by atoms with Gasteiger partial charge in [0.2, 0.25) is 5.91 Å². The number of amides is 1. The van der Waals surface area contributed by atoms with Crippen molar-refractivity contribution in [3.8, 4) is 5.75 Å². The molecular formula is C28H50N2O3. The molecule has 0 saturated carbocycles. The molecule has 0 aliphatic carbocycles. The molecule has 5 nitrogen and oxygen atoms in total. The lowest BCUT2D eigenvalue weighted by Crippen LogP contribution is -2.30. The van der Waals surface area contributed by atoms with Gasteiger partial charge in [-0.15, -0.1) is 0 Å². The van der Waals surface area contributed by atoms with E-state index in [4.69, 9.17) is 9.47 Å². The van der Waals surface area contributed by atoms with Crippen molar-refractivity contribution in [2.75, 3.05) is 38.2 Å². The molecule has 1 amide bonds. The molecule has 0 aliphatic heterocycles. The second-order valence-corrected chi connectivity index (χ2v) is 8.87. The third kappa shape index (κ3) is 18.4. The number of hydrogen-bond acceptors (Lipinski definition) is 4. The Kier molecular flexibility index (Phi) is 19.6. The zero-order chi connectivity index (χ0) is 23.8. The van der Waals surface area contributed by atoms with E-state index in [1.54, 1.807) is 0 Å². The first-order valence-corrected chi connectivity index (χ1v) is 13.6. The van der Waals surface area contributed by atoms with Crippen LogP contribution in [-0.4, -0.2) is 38.8 Å². The van der Waals surface area contributed by atoms with Crippen LogP contribution >= 0.6 is 0 Å². The van der Waals surface area contributed by atoms with E-state index in [0.717, 1.165) is 24.4 Å². The molecule has 0 saturated heterocycles. The molecule has 0 spiro atoms. The number of ether oxygens (including phenoxy) is 2. The van der Waals surface area contributed by atoms with E-state index in [9.17, 15) is 4.79 Å². The quantitative estimate of drug-likeness (QED) is 0.170. The van der Waals surface area contributed by atoms with Gasteiger partial charge in [-0.1, -0.05) is 96.5 Å². The summed E-state index contributed by atoms with van der Waals surface area (Å²) in [4.78, 5) is 12.1. The molecule has 0 fully saturated rings. The summed E-state index contributed by atoms with van der Waals surface area (Å²) in [5.74, 6) is 0.815. The molecular weight excluding hydrogens is 412 g/mol. The summed E-state index contributed by atoms with van der Waals surface area (Å²) in [6.07, 6.45) is 18.9. The third-order valence-corrected chi connectivity index (χ3v) is 5.84. The minimum atomic E-state index is 0.0346. The minimum absolute atomic E-state index is 0.0346. The Bertz CT molecular complexity index is 580. The van der Waals surface area contributed by atoms with Gasteiger partial charge < -0.3 is 20.1 Å². The second-order valence-electron chi connectivity index (χ2n) is 8.87. The van der Waals surface area contributed by atoms with Crippen molar-refractivity contribution in [2.45, 2.75) is 104 Å². The molecule has 0 atom stereocenters. The zero-order valence-electron chi connectivity index (χ0n) is 21.5. The topological polar surface area (TPSA) is 59.6 Å². The Morgan fingerprint density at radius 2 is 1.39 bits per heavy atom. The Morgan fingerprint density at radius 1 is 0.788 bits per heavy atom. The maximum atomic E-state index is 12.1. The van der Waals surface area contributed by atoms with Gasteiger partial charge in [-0.2, -0.15) is 0 Å². The molecule has 0 radical (unpaired) electrons. The molecule has 190 valence electrons. The van der Waals surface area contributed by atoms with E-state index in [1.807, 2.05) is 31.2 Å². The van der Waals surface area contributed by atoms with Crippen molar-refractivity contribution >= 4 is 11.6 Å². The average molecular weight is 463 g/mol. The summed E-state index contributed by atoms with van der Waals surface area (Å²) in [6, 6.07) is 7.68. The summed E-state index contributed by atoms with van der Waals surface area (Å²) in [7, 11) is 0. The van der Waals surface area contributed by atoms with Crippen molar-refractivity contribution < 1.29 is 14.3 Å². The van der Waals surface area contributed by atoms with E-state index >= 15 is 0 Å². The number of rotatable bonds is 23. The van der Waals surface area contributed by atoms with Crippen LogP contribution in [0.2, 0.25) is 0 Å². The molecule has 0 aliphatic rings. The maximum absolute atomic E-state index is 12.1. The van der Waals surface area contributed by atoms with Crippen LogP contribution in [0.1, 0.15) is 104 Å². The molecule has 0 bridgehead atoms. The number of anilines is 1. The SMILES string of the molecule is CCCCCCCCCCCCCCCCNC(=O)CNc1cccc(OCCOCC)c1. The summed E-state index contributed by atoms with van der Waals surface area (Å²) >= 11 is 0. The van der Waals surface area contributed by atoms with Gasteiger partial charge in [0.15, 0.2) is 0 Å². The molecule has 33 heavy (non-hydrogen) atoms. The number of nitrogens with one attached hydrogen (secondary N) is 2. The monoisotopic (exact) mass is 462 g/mol. The van der Waals surface area contributed by atoms with Gasteiger partial charge in [-0.25, -0.2) is 0 Å². The van der Waals surface area contributed by atoms with Gasteiger partial charge >= 0.3 is 0 Å². The Balaban J connectivity index is 1.91. The molecule has 0 heterocycles. The molecule has 0 aromatic heterocycles. The van der Waals surface area contributed by atoms with Gasteiger partial charge in [0, 0.05) is 24.9 Å². The molecule has 0 unspecified atom stereocenters. The first kappa shape index (κ1) is 29.3. The number of hydrogen-bond donors (Lipinski definition) is 2. The smallest absolute Gasteiger partial charge is 0.239 e. The van der Waals surface area contributed by atoms with Crippen LogP contribution in [0.4, 0.5) is 5.69 Å². The maximum Gasteiger partial charge on any atom is 0.239 e. The highest BCUT2D eigenvalue weighted by Gasteiger charge is 2.02. The normalized spacial score (nSPS) is 10.8. The first-order chi connectivity index (χ1) is 16.3. The lowest BCUT2D eigenvalue weighted by atomic mass is 10.0. The Morgan fingerprint density at radius 3 is 2.00 bits per heavy atom. The van der Waals surface area contributed by atoms with Gasteiger partial charge in [0.25, 0.3) is 0 Å². The van der Waals surface area contributed by atoms with Crippen molar-refractivity contribution in [2.24, 2.45) is 0 Å². The van der Waals surface area contributed by atoms with Crippen molar-refractivity contribution in [3.63, 3.8) is 0 Å². The second kappa shape index (κ2) is 22.1. The van der Waals surface area contributed by atoms with E-state index in [-0.39, 0.29) is 12.5 Å². The van der Waals surface area contributed by atoms with E-state index in [1.165, 1.54) is 83.5 Å². The van der Waals surface area contributed by atoms with Crippen LogP contribution in [0.3, 0.4) is 0 Å². The lowest BCUT2D eigenvalue weighted by molar-refractivity contribution is -0.119. The Hall–Kier alpha value is -1.75. The Labute approximate surface area is 203 Å². The van der Waals surface area contributed by atoms with Crippen LogP contribution in [0.15, 0.2) is 24.3 Å². The number of unbranched alkanes of at least 4 members (excludes halogenated alkanes) is 13. The highest BCUT2D eigenvalue weighted by molar-refractivity contribution is 5.80. The predicted molar refractivity (Wildman–Crippen MR) is 140 cm³/mol. The highest BCUT2D eigenvalue weighted by Crippen LogP contribution is 2.17. The molecule has 2 N–H and O–H groups in total. The fourth-order valence-corrected chi connectivity index (χ4v) is 3.85. The zero-order valence-corrected chi connectivity index (χ0v) is 21.5. The van der Waals surface area contributed by atoms with Gasteiger partial charge in [0.1, 0.15) is 12.4 Å². The van der Waals surface area contributed by atoms with Crippen molar-refractivity contribution in [1.29, 1.82) is 0 Å². The predicted octanol–water partition coefficient (Wildman–Crippen LogP) is 7.11. The largest absolute Gasteiger partial charge is 0.491 e. The highest BCUT2D eigenvalue weighted by atomic mass is 16.5.